The van der Waals surface area contributed by atoms with E-state index in [0.717, 1.165) is 19.3 Å². The SMILES string of the molecule is CCCCCCCCCCCCCCC(CC(C)C)C(=O)CC(C)C. The smallest absolute Gasteiger partial charge is 0.136 e. The first kappa shape index (κ1) is 24.7. The highest BCUT2D eigenvalue weighted by molar-refractivity contribution is 5.81. The van der Waals surface area contributed by atoms with Crippen LogP contribution in [-0.4, -0.2) is 5.78 Å². The quantitative estimate of drug-likeness (QED) is 0.226. The number of hydrogen-bond donors (Lipinski definition) is 0. The first-order valence-corrected chi connectivity index (χ1v) is 11.5. The summed E-state index contributed by atoms with van der Waals surface area (Å²) in [6.07, 6.45) is 19.7. The van der Waals surface area contributed by atoms with Crippen molar-refractivity contribution >= 4 is 5.78 Å². The Hall–Kier alpha value is -0.330. The third-order valence-corrected chi connectivity index (χ3v) is 5.23. The van der Waals surface area contributed by atoms with Crippen LogP contribution in [0.15, 0.2) is 0 Å². The molecule has 0 aromatic carbocycles. The summed E-state index contributed by atoms with van der Waals surface area (Å²) < 4.78 is 0. The molecule has 25 heavy (non-hydrogen) atoms. The van der Waals surface area contributed by atoms with E-state index in [9.17, 15) is 4.79 Å². The number of carbonyl (C=O) groups excluding carboxylic acids is 1. The van der Waals surface area contributed by atoms with Crippen molar-refractivity contribution in [2.75, 3.05) is 0 Å². The van der Waals surface area contributed by atoms with Crippen LogP contribution in [0.25, 0.3) is 0 Å². The van der Waals surface area contributed by atoms with Crippen molar-refractivity contribution in [3.8, 4) is 0 Å². The zero-order valence-corrected chi connectivity index (χ0v) is 18.2. The lowest BCUT2D eigenvalue weighted by Gasteiger charge is -2.19. The van der Waals surface area contributed by atoms with Crippen molar-refractivity contribution in [2.45, 2.75) is 131 Å². The summed E-state index contributed by atoms with van der Waals surface area (Å²) in [6.45, 7) is 11.1. The maximum atomic E-state index is 12.4. The van der Waals surface area contributed by atoms with Gasteiger partial charge in [0.25, 0.3) is 0 Å². The first-order valence-electron chi connectivity index (χ1n) is 11.5. The third kappa shape index (κ3) is 16.9. The maximum absolute atomic E-state index is 12.4. The molecule has 0 aliphatic heterocycles. The summed E-state index contributed by atoms with van der Waals surface area (Å²) in [5.74, 6) is 1.99. The van der Waals surface area contributed by atoms with E-state index in [4.69, 9.17) is 0 Å². The van der Waals surface area contributed by atoms with E-state index in [0.29, 0.717) is 23.5 Å². The van der Waals surface area contributed by atoms with Crippen LogP contribution in [0.1, 0.15) is 131 Å². The molecule has 0 saturated carbocycles. The van der Waals surface area contributed by atoms with E-state index in [2.05, 4.69) is 34.6 Å². The third-order valence-electron chi connectivity index (χ3n) is 5.23. The monoisotopic (exact) mass is 352 g/mol. The van der Waals surface area contributed by atoms with Crippen LogP contribution in [0.4, 0.5) is 0 Å². The van der Waals surface area contributed by atoms with Crippen LogP contribution in [0, 0.1) is 17.8 Å². The molecule has 1 atom stereocenters. The van der Waals surface area contributed by atoms with Crippen LogP contribution in [0.5, 0.6) is 0 Å². The zero-order chi connectivity index (χ0) is 18.9. The number of hydrogen-bond acceptors (Lipinski definition) is 1. The molecule has 0 bridgehead atoms. The minimum absolute atomic E-state index is 0.325. The van der Waals surface area contributed by atoms with Gasteiger partial charge in [-0.05, 0) is 24.7 Å². The van der Waals surface area contributed by atoms with Gasteiger partial charge in [0.1, 0.15) is 5.78 Å². The summed E-state index contributed by atoms with van der Waals surface area (Å²) in [5.41, 5.74) is 0. The van der Waals surface area contributed by atoms with E-state index in [1.54, 1.807) is 0 Å². The second-order valence-electron chi connectivity index (χ2n) is 9.07. The molecule has 0 fully saturated rings. The Morgan fingerprint density at radius 2 is 1.08 bits per heavy atom. The molecule has 0 aromatic rings. The Morgan fingerprint density at radius 3 is 1.48 bits per heavy atom. The number of unbranched alkanes of at least 4 members (excludes halogenated alkanes) is 11. The lowest BCUT2D eigenvalue weighted by molar-refractivity contribution is -0.124. The summed E-state index contributed by atoms with van der Waals surface area (Å²) in [7, 11) is 0. The molecule has 1 unspecified atom stereocenters. The van der Waals surface area contributed by atoms with Crippen LogP contribution >= 0.6 is 0 Å². The Morgan fingerprint density at radius 1 is 0.640 bits per heavy atom. The molecule has 0 amide bonds. The van der Waals surface area contributed by atoms with Crippen molar-refractivity contribution in [1.82, 2.24) is 0 Å². The van der Waals surface area contributed by atoms with Crippen LogP contribution in [0.3, 0.4) is 0 Å². The predicted octanol–water partition coefficient (Wildman–Crippen LogP) is 8.36. The molecule has 1 heteroatoms. The van der Waals surface area contributed by atoms with Gasteiger partial charge in [-0.1, -0.05) is 112 Å². The van der Waals surface area contributed by atoms with Gasteiger partial charge in [0.05, 0.1) is 0 Å². The van der Waals surface area contributed by atoms with E-state index in [1.165, 1.54) is 77.0 Å². The molecule has 0 N–H and O–H groups in total. The number of ketones is 1. The Bertz CT molecular complexity index is 292. The van der Waals surface area contributed by atoms with Crippen molar-refractivity contribution in [3.63, 3.8) is 0 Å². The van der Waals surface area contributed by atoms with Gasteiger partial charge in [-0.15, -0.1) is 0 Å². The van der Waals surface area contributed by atoms with Gasteiger partial charge in [0, 0.05) is 12.3 Å². The van der Waals surface area contributed by atoms with Gasteiger partial charge >= 0.3 is 0 Å². The van der Waals surface area contributed by atoms with Crippen molar-refractivity contribution in [3.05, 3.63) is 0 Å². The van der Waals surface area contributed by atoms with Gasteiger partial charge in [0.2, 0.25) is 0 Å². The highest BCUT2D eigenvalue weighted by atomic mass is 16.1. The summed E-state index contributed by atoms with van der Waals surface area (Å²) >= 11 is 0. The molecular weight excluding hydrogens is 304 g/mol. The fraction of sp³-hybridized carbons (Fsp3) is 0.958. The standard InChI is InChI=1S/C24H48O/c1-6-7-8-9-10-11-12-13-14-15-16-17-18-23(19-21(2)3)24(25)20-22(4)5/h21-23H,6-20H2,1-5H3. The highest BCUT2D eigenvalue weighted by Gasteiger charge is 2.19. The highest BCUT2D eigenvalue weighted by Crippen LogP contribution is 2.23. The summed E-state index contributed by atoms with van der Waals surface area (Å²) in [4.78, 5) is 12.4. The largest absolute Gasteiger partial charge is 0.299 e. The topological polar surface area (TPSA) is 17.1 Å². The van der Waals surface area contributed by atoms with Crippen molar-refractivity contribution < 1.29 is 4.79 Å². The fourth-order valence-electron chi connectivity index (χ4n) is 3.78. The second-order valence-corrected chi connectivity index (χ2v) is 9.07. The van der Waals surface area contributed by atoms with Gasteiger partial charge in [0.15, 0.2) is 0 Å². The van der Waals surface area contributed by atoms with E-state index in [1.807, 2.05) is 0 Å². The second kappa shape index (κ2) is 17.1. The van der Waals surface area contributed by atoms with Gasteiger partial charge in [-0.25, -0.2) is 0 Å². The molecule has 0 aromatic heterocycles. The average molecular weight is 353 g/mol. The number of rotatable bonds is 18. The predicted molar refractivity (Wildman–Crippen MR) is 113 cm³/mol. The molecule has 1 nitrogen and oxygen atoms in total. The van der Waals surface area contributed by atoms with E-state index >= 15 is 0 Å². The molecule has 0 aliphatic carbocycles. The first-order chi connectivity index (χ1) is 12.0. The van der Waals surface area contributed by atoms with Crippen LogP contribution in [0.2, 0.25) is 0 Å². The normalized spacial score (nSPS) is 12.9. The molecule has 0 saturated heterocycles. The Balaban J connectivity index is 3.63. The number of Topliss-reactive ketones (excluding diaryl/α,β-unsaturated/α-hetero) is 1. The van der Waals surface area contributed by atoms with Gasteiger partial charge in [-0.2, -0.15) is 0 Å². The lowest BCUT2D eigenvalue weighted by Crippen LogP contribution is -2.18. The summed E-state index contributed by atoms with van der Waals surface area (Å²) in [6, 6.07) is 0. The van der Waals surface area contributed by atoms with Crippen LogP contribution < -0.4 is 0 Å². The molecule has 0 radical (unpaired) electrons. The van der Waals surface area contributed by atoms with Gasteiger partial charge in [-0.3, -0.25) is 4.79 Å². The molecule has 0 spiro atoms. The molecule has 0 aliphatic rings. The van der Waals surface area contributed by atoms with Crippen molar-refractivity contribution in [1.29, 1.82) is 0 Å². The molecular formula is C24H48O. The van der Waals surface area contributed by atoms with Gasteiger partial charge < -0.3 is 0 Å². The average Bonchev–Trinajstić information content (AvgIpc) is 2.53. The molecule has 0 heterocycles. The number of carbonyl (C=O) groups is 1. The minimum Gasteiger partial charge on any atom is -0.299 e. The van der Waals surface area contributed by atoms with E-state index in [-0.39, 0.29) is 0 Å². The van der Waals surface area contributed by atoms with Crippen molar-refractivity contribution in [2.24, 2.45) is 17.8 Å². The lowest BCUT2D eigenvalue weighted by atomic mass is 9.85. The minimum atomic E-state index is 0.325. The summed E-state index contributed by atoms with van der Waals surface area (Å²) in [5, 5.41) is 0. The molecule has 0 rings (SSSR count). The molecule has 150 valence electrons. The maximum Gasteiger partial charge on any atom is 0.136 e. The van der Waals surface area contributed by atoms with Crippen LogP contribution in [-0.2, 0) is 4.79 Å². The Kier molecular flexibility index (Phi) is 16.9. The fourth-order valence-corrected chi connectivity index (χ4v) is 3.78. The van der Waals surface area contributed by atoms with E-state index < -0.39 is 0 Å². The Labute approximate surface area is 159 Å². The zero-order valence-electron chi connectivity index (χ0n) is 18.2.